The highest BCUT2D eigenvalue weighted by molar-refractivity contribution is 5.15. The molecule has 5 nitrogen and oxygen atoms in total. The Morgan fingerprint density at radius 1 is 1.31 bits per heavy atom. The molecule has 0 bridgehead atoms. The summed E-state index contributed by atoms with van der Waals surface area (Å²) < 4.78 is 14.9. The predicted molar refractivity (Wildman–Crippen MR) is 57.7 cm³/mol. The SMILES string of the molecule is COCCOCCCc1ccc(O)c(=O)o1. The lowest BCUT2D eigenvalue weighted by molar-refractivity contribution is 0.0690. The van der Waals surface area contributed by atoms with Crippen molar-refractivity contribution in [1.29, 1.82) is 0 Å². The average Bonchev–Trinajstić information content (AvgIpc) is 2.28. The number of methoxy groups -OCH3 is 1. The van der Waals surface area contributed by atoms with Crippen molar-refractivity contribution >= 4 is 0 Å². The molecule has 1 rings (SSSR count). The van der Waals surface area contributed by atoms with Crippen LogP contribution in [0.25, 0.3) is 0 Å². The summed E-state index contributed by atoms with van der Waals surface area (Å²) in [5, 5.41) is 8.97. The van der Waals surface area contributed by atoms with Crippen LogP contribution in [-0.2, 0) is 15.9 Å². The minimum atomic E-state index is -0.696. The Morgan fingerprint density at radius 2 is 2.12 bits per heavy atom. The van der Waals surface area contributed by atoms with Gasteiger partial charge in [0.05, 0.1) is 13.2 Å². The first-order valence-electron chi connectivity index (χ1n) is 5.12. The van der Waals surface area contributed by atoms with Gasteiger partial charge in [0.1, 0.15) is 5.76 Å². The molecule has 0 saturated heterocycles. The van der Waals surface area contributed by atoms with Crippen LogP contribution < -0.4 is 5.63 Å². The first-order valence-corrected chi connectivity index (χ1v) is 5.12. The van der Waals surface area contributed by atoms with Gasteiger partial charge in [-0.1, -0.05) is 0 Å². The third-order valence-corrected chi connectivity index (χ3v) is 2.00. The Kier molecular flexibility index (Phi) is 5.60. The molecule has 0 aliphatic carbocycles. The van der Waals surface area contributed by atoms with Crippen LogP contribution in [0.4, 0.5) is 0 Å². The number of hydrogen-bond donors (Lipinski definition) is 1. The zero-order valence-corrected chi connectivity index (χ0v) is 9.27. The lowest BCUT2D eigenvalue weighted by Gasteiger charge is -2.03. The fourth-order valence-electron chi connectivity index (χ4n) is 1.17. The molecule has 0 spiro atoms. The number of rotatable bonds is 7. The second kappa shape index (κ2) is 7.03. The van der Waals surface area contributed by atoms with Crippen molar-refractivity contribution in [2.75, 3.05) is 26.9 Å². The van der Waals surface area contributed by atoms with Gasteiger partial charge in [0.25, 0.3) is 0 Å². The van der Waals surface area contributed by atoms with Crippen LogP contribution in [-0.4, -0.2) is 32.0 Å². The zero-order chi connectivity index (χ0) is 11.8. The van der Waals surface area contributed by atoms with Crippen molar-refractivity contribution in [3.05, 3.63) is 28.3 Å². The maximum Gasteiger partial charge on any atom is 0.378 e. The molecule has 0 fully saturated rings. The van der Waals surface area contributed by atoms with Crippen LogP contribution in [0.5, 0.6) is 5.75 Å². The zero-order valence-electron chi connectivity index (χ0n) is 9.27. The number of aromatic hydroxyl groups is 1. The van der Waals surface area contributed by atoms with Gasteiger partial charge in [0.2, 0.25) is 5.75 Å². The first kappa shape index (κ1) is 12.7. The van der Waals surface area contributed by atoms with E-state index >= 15 is 0 Å². The molecule has 90 valence electrons. The molecule has 0 aliphatic rings. The summed E-state index contributed by atoms with van der Waals surface area (Å²) in [4.78, 5) is 10.9. The van der Waals surface area contributed by atoms with Gasteiger partial charge < -0.3 is 19.0 Å². The summed E-state index contributed by atoms with van der Waals surface area (Å²) in [5.41, 5.74) is -0.696. The van der Waals surface area contributed by atoms with Crippen LogP contribution in [0.3, 0.4) is 0 Å². The molecule has 0 saturated carbocycles. The lowest BCUT2D eigenvalue weighted by Crippen LogP contribution is -2.05. The van der Waals surface area contributed by atoms with E-state index in [1.165, 1.54) is 6.07 Å². The molecule has 16 heavy (non-hydrogen) atoms. The molecule has 0 amide bonds. The molecule has 0 aromatic carbocycles. The second-order valence-electron chi connectivity index (χ2n) is 3.28. The molecule has 1 aromatic heterocycles. The van der Waals surface area contributed by atoms with Gasteiger partial charge in [-0.25, -0.2) is 4.79 Å². The Balaban J connectivity index is 2.22. The highest BCUT2D eigenvalue weighted by Crippen LogP contribution is 2.05. The molecule has 1 N–H and O–H groups in total. The topological polar surface area (TPSA) is 68.9 Å². The Morgan fingerprint density at radius 3 is 2.81 bits per heavy atom. The van der Waals surface area contributed by atoms with Crippen molar-refractivity contribution < 1.29 is 19.0 Å². The Hall–Kier alpha value is -1.33. The monoisotopic (exact) mass is 228 g/mol. The van der Waals surface area contributed by atoms with E-state index in [9.17, 15) is 4.79 Å². The molecule has 5 heteroatoms. The highest BCUT2D eigenvalue weighted by atomic mass is 16.5. The molecule has 0 aliphatic heterocycles. The third kappa shape index (κ3) is 4.46. The van der Waals surface area contributed by atoms with E-state index in [1.807, 2.05) is 0 Å². The fraction of sp³-hybridized carbons (Fsp3) is 0.545. The third-order valence-electron chi connectivity index (χ3n) is 2.00. The summed E-state index contributed by atoms with van der Waals surface area (Å²) in [6, 6.07) is 2.93. The number of ether oxygens (including phenoxy) is 2. The van der Waals surface area contributed by atoms with Gasteiger partial charge in [0.15, 0.2) is 0 Å². The van der Waals surface area contributed by atoms with Crippen LogP contribution in [0.1, 0.15) is 12.2 Å². The van der Waals surface area contributed by atoms with Crippen LogP contribution >= 0.6 is 0 Å². The average molecular weight is 228 g/mol. The summed E-state index contributed by atoms with van der Waals surface area (Å²) >= 11 is 0. The van der Waals surface area contributed by atoms with Crippen molar-refractivity contribution in [3.63, 3.8) is 0 Å². The highest BCUT2D eigenvalue weighted by Gasteiger charge is 2.01. The lowest BCUT2D eigenvalue weighted by atomic mass is 10.2. The fourth-order valence-corrected chi connectivity index (χ4v) is 1.17. The second-order valence-corrected chi connectivity index (χ2v) is 3.28. The van der Waals surface area contributed by atoms with Crippen molar-refractivity contribution in [2.45, 2.75) is 12.8 Å². The number of hydrogen-bond acceptors (Lipinski definition) is 5. The van der Waals surface area contributed by atoms with E-state index < -0.39 is 5.63 Å². The predicted octanol–water partition coefficient (Wildman–Crippen LogP) is 0.941. The maximum absolute atomic E-state index is 10.9. The minimum Gasteiger partial charge on any atom is -0.502 e. The minimum absolute atomic E-state index is 0.361. The summed E-state index contributed by atoms with van der Waals surface area (Å²) in [7, 11) is 1.62. The summed E-state index contributed by atoms with van der Waals surface area (Å²) in [6.07, 6.45) is 1.37. The summed E-state index contributed by atoms with van der Waals surface area (Å²) in [5.74, 6) is 0.193. The van der Waals surface area contributed by atoms with E-state index in [0.717, 1.165) is 6.42 Å². The molecule has 1 aromatic rings. The van der Waals surface area contributed by atoms with E-state index in [2.05, 4.69) is 0 Å². The van der Waals surface area contributed by atoms with Crippen molar-refractivity contribution in [2.24, 2.45) is 0 Å². The molecular formula is C11H16O5. The van der Waals surface area contributed by atoms with Gasteiger partial charge in [-0.2, -0.15) is 0 Å². The maximum atomic E-state index is 10.9. The molecule has 0 radical (unpaired) electrons. The Labute approximate surface area is 93.6 Å². The molecular weight excluding hydrogens is 212 g/mol. The van der Waals surface area contributed by atoms with Gasteiger partial charge in [-0.3, -0.25) is 0 Å². The van der Waals surface area contributed by atoms with Crippen LogP contribution in [0, 0.1) is 0 Å². The van der Waals surface area contributed by atoms with Gasteiger partial charge >= 0.3 is 5.63 Å². The normalized spacial score (nSPS) is 10.6. The quantitative estimate of drug-likeness (QED) is 0.703. The molecule has 0 atom stereocenters. The van der Waals surface area contributed by atoms with Crippen molar-refractivity contribution in [1.82, 2.24) is 0 Å². The largest absolute Gasteiger partial charge is 0.502 e. The van der Waals surface area contributed by atoms with E-state index in [1.54, 1.807) is 13.2 Å². The molecule has 0 unspecified atom stereocenters. The standard InChI is InChI=1S/C11H16O5/c1-14-7-8-15-6-2-3-9-4-5-10(12)11(13)16-9/h4-5,12H,2-3,6-8H2,1H3. The van der Waals surface area contributed by atoms with Gasteiger partial charge in [-0.15, -0.1) is 0 Å². The molecule has 1 heterocycles. The van der Waals surface area contributed by atoms with E-state index in [-0.39, 0.29) is 5.75 Å². The van der Waals surface area contributed by atoms with Gasteiger partial charge in [-0.05, 0) is 18.6 Å². The van der Waals surface area contributed by atoms with Crippen LogP contribution in [0.15, 0.2) is 21.3 Å². The van der Waals surface area contributed by atoms with E-state index in [0.29, 0.717) is 32.0 Å². The summed E-state index contributed by atoms with van der Waals surface area (Å²) in [6.45, 7) is 1.73. The van der Waals surface area contributed by atoms with Crippen LogP contribution in [0.2, 0.25) is 0 Å². The number of aryl methyl sites for hydroxylation is 1. The van der Waals surface area contributed by atoms with Gasteiger partial charge in [0, 0.05) is 20.1 Å². The smallest absolute Gasteiger partial charge is 0.378 e. The first-order chi connectivity index (χ1) is 7.74. The van der Waals surface area contributed by atoms with Crippen molar-refractivity contribution in [3.8, 4) is 5.75 Å². The Bertz CT molecular complexity index is 358. The van der Waals surface area contributed by atoms with E-state index in [4.69, 9.17) is 19.0 Å².